The number of nitrogens with one attached hydrogen (secondary N) is 2. The lowest BCUT2D eigenvalue weighted by molar-refractivity contribution is -0.139. The predicted octanol–water partition coefficient (Wildman–Crippen LogP) is 1.76. The Morgan fingerprint density at radius 2 is 1.95 bits per heavy atom. The normalized spacial score (nSPS) is 12.3. The van der Waals surface area contributed by atoms with Gasteiger partial charge in [0, 0.05) is 17.0 Å². The van der Waals surface area contributed by atoms with Crippen LogP contribution in [0.25, 0.3) is 10.9 Å². The molecule has 1 atom stereocenters. The second-order valence-corrected chi connectivity index (χ2v) is 5.59. The first kappa shape index (κ1) is 15.8. The van der Waals surface area contributed by atoms with Crippen LogP contribution in [0.4, 0.5) is 0 Å². The molecule has 0 aliphatic heterocycles. The Bertz CT molecular complexity index is 764. The standard InChI is InChI=1S/C16H18N2O4/c1-9(2)7-13(16(21)22)18-15(20)11-8-14(19)17-12-6-4-3-5-10(11)12/h3-6,8-9,13H,7H2,1-2H3,(H,17,19)(H,18,20)(H,21,22)/t13-/m1/s1. The van der Waals surface area contributed by atoms with Crippen LogP contribution in [0.15, 0.2) is 35.1 Å². The Hall–Kier alpha value is -2.63. The summed E-state index contributed by atoms with van der Waals surface area (Å²) in [7, 11) is 0. The number of aromatic amines is 1. The largest absolute Gasteiger partial charge is 0.480 e. The van der Waals surface area contributed by atoms with E-state index in [0.29, 0.717) is 17.3 Å². The van der Waals surface area contributed by atoms with Gasteiger partial charge in [-0.05, 0) is 18.4 Å². The van der Waals surface area contributed by atoms with Crippen LogP contribution in [0.2, 0.25) is 0 Å². The number of carbonyl (C=O) groups excluding carboxylic acids is 1. The minimum Gasteiger partial charge on any atom is -0.480 e. The van der Waals surface area contributed by atoms with Crippen molar-refractivity contribution < 1.29 is 14.7 Å². The smallest absolute Gasteiger partial charge is 0.326 e. The van der Waals surface area contributed by atoms with Crippen molar-refractivity contribution in [3.63, 3.8) is 0 Å². The summed E-state index contributed by atoms with van der Waals surface area (Å²) in [6.07, 6.45) is 0.322. The molecule has 116 valence electrons. The number of amides is 1. The minimum absolute atomic E-state index is 0.123. The maximum atomic E-state index is 12.4. The van der Waals surface area contributed by atoms with Crippen molar-refractivity contribution >= 4 is 22.8 Å². The molecular weight excluding hydrogens is 284 g/mol. The van der Waals surface area contributed by atoms with Gasteiger partial charge in [-0.3, -0.25) is 9.59 Å². The van der Waals surface area contributed by atoms with Crippen LogP contribution < -0.4 is 10.9 Å². The molecule has 0 fully saturated rings. The molecule has 3 N–H and O–H groups in total. The lowest BCUT2D eigenvalue weighted by Crippen LogP contribution is -2.42. The highest BCUT2D eigenvalue weighted by molar-refractivity contribution is 6.06. The van der Waals surface area contributed by atoms with E-state index in [9.17, 15) is 19.5 Å². The Balaban J connectivity index is 2.37. The Kier molecular flexibility index (Phi) is 4.60. The number of pyridine rings is 1. The third-order valence-electron chi connectivity index (χ3n) is 3.31. The number of fused-ring (bicyclic) bond motifs is 1. The fraction of sp³-hybridized carbons (Fsp3) is 0.312. The summed E-state index contributed by atoms with van der Waals surface area (Å²) < 4.78 is 0. The van der Waals surface area contributed by atoms with Crippen LogP contribution in [0.3, 0.4) is 0 Å². The van der Waals surface area contributed by atoms with Crippen molar-refractivity contribution in [1.29, 1.82) is 0 Å². The summed E-state index contributed by atoms with van der Waals surface area (Å²) in [5.74, 6) is -1.52. The number of H-pyrrole nitrogens is 1. The topological polar surface area (TPSA) is 99.3 Å². The van der Waals surface area contributed by atoms with Gasteiger partial charge in [0.15, 0.2) is 0 Å². The number of carboxylic acids is 1. The quantitative estimate of drug-likeness (QED) is 0.783. The second-order valence-electron chi connectivity index (χ2n) is 5.59. The number of hydrogen-bond acceptors (Lipinski definition) is 3. The van der Waals surface area contributed by atoms with Crippen molar-refractivity contribution in [1.82, 2.24) is 10.3 Å². The molecule has 0 aliphatic rings. The molecule has 0 unspecified atom stereocenters. The van der Waals surface area contributed by atoms with Crippen LogP contribution in [0.5, 0.6) is 0 Å². The highest BCUT2D eigenvalue weighted by Gasteiger charge is 2.22. The van der Waals surface area contributed by atoms with Gasteiger partial charge < -0.3 is 15.4 Å². The van der Waals surface area contributed by atoms with Gasteiger partial charge >= 0.3 is 5.97 Å². The summed E-state index contributed by atoms with van der Waals surface area (Å²) in [6.45, 7) is 3.76. The SMILES string of the molecule is CC(C)C[C@@H](NC(=O)c1cc(=O)[nH]c2ccccc12)C(=O)O. The van der Waals surface area contributed by atoms with Gasteiger partial charge in [-0.15, -0.1) is 0 Å². The van der Waals surface area contributed by atoms with Crippen molar-refractivity contribution in [2.45, 2.75) is 26.3 Å². The van der Waals surface area contributed by atoms with Gasteiger partial charge in [0.05, 0.1) is 5.56 Å². The molecule has 0 spiro atoms. The first-order valence-electron chi connectivity index (χ1n) is 7.04. The van der Waals surface area contributed by atoms with Crippen LogP contribution in [-0.4, -0.2) is 28.0 Å². The number of rotatable bonds is 5. The van der Waals surface area contributed by atoms with E-state index in [0.717, 1.165) is 0 Å². The average Bonchev–Trinajstić information content (AvgIpc) is 2.44. The molecule has 0 saturated carbocycles. The summed E-state index contributed by atoms with van der Waals surface area (Å²) in [4.78, 5) is 37.9. The van der Waals surface area contributed by atoms with E-state index >= 15 is 0 Å². The van der Waals surface area contributed by atoms with Gasteiger partial charge in [0.1, 0.15) is 6.04 Å². The fourth-order valence-corrected chi connectivity index (χ4v) is 2.32. The van der Waals surface area contributed by atoms with Crippen molar-refractivity contribution in [2.75, 3.05) is 0 Å². The van der Waals surface area contributed by atoms with Crippen LogP contribution in [-0.2, 0) is 4.79 Å². The highest BCUT2D eigenvalue weighted by atomic mass is 16.4. The number of benzene rings is 1. The Labute approximate surface area is 127 Å². The number of carboxylic acid groups (broad SMARTS) is 1. The maximum absolute atomic E-state index is 12.4. The van der Waals surface area contributed by atoms with Crippen molar-refractivity contribution in [3.05, 3.63) is 46.2 Å². The first-order valence-corrected chi connectivity index (χ1v) is 7.04. The number of aliphatic carboxylic acids is 1. The van der Waals surface area contributed by atoms with E-state index in [1.807, 2.05) is 13.8 Å². The number of aromatic nitrogens is 1. The fourth-order valence-electron chi connectivity index (χ4n) is 2.32. The van der Waals surface area contributed by atoms with Crippen LogP contribution in [0, 0.1) is 5.92 Å². The average molecular weight is 302 g/mol. The summed E-state index contributed by atoms with van der Waals surface area (Å²) in [5, 5.41) is 12.3. The molecule has 2 aromatic rings. The van der Waals surface area contributed by atoms with Crippen LogP contribution in [0.1, 0.15) is 30.6 Å². The Morgan fingerprint density at radius 1 is 1.27 bits per heavy atom. The second kappa shape index (κ2) is 6.43. The first-order chi connectivity index (χ1) is 10.4. The molecule has 2 rings (SSSR count). The maximum Gasteiger partial charge on any atom is 0.326 e. The molecule has 1 aromatic carbocycles. The van der Waals surface area contributed by atoms with E-state index in [4.69, 9.17) is 0 Å². The van der Waals surface area contributed by atoms with Crippen LogP contribution >= 0.6 is 0 Å². The zero-order chi connectivity index (χ0) is 16.3. The molecule has 22 heavy (non-hydrogen) atoms. The van der Waals surface area contributed by atoms with Gasteiger partial charge in [0.25, 0.3) is 5.91 Å². The number of hydrogen-bond donors (Lipinski definition) is 3. The third-order valence-corrected chi connectivity index (χ3v) is 3.31. The molecule has 1 aromatic heterocycles. The van der Waals surface area contributed by atoms with Gasteiger partial charge in [-0.25, -0.2) is 4.79 Å². The van der Waals surface area contributed by atoms with Gasteiger partial charge in [0.2, 0.25) is 5.56 Å². The lowest BCUT2D eigenvalue weighted by Gasteiger charge is -2.17. The van der Waals surface area contributed by atoms with E-state index in [2.05, 4.69) is 10.3 Å². The van der Waals surface area contributed by atoms with Crippen molar-refractivity contribution in [2.24, 2.45) is 5.92 Å². The number of carbonyl (C=O) groups is 2. The molecule has 0 radical (unpaired) electrons. The van der Waals surface area contributed by atoms with Gasteiger partial charge in [-0.2, -0.15) is 0 Å². The molecule has 1 amide bonds. The molecule has 0 saturated heterocycles. The Morgan fingerprint density at radius 3 is 2.59 bits per heavy atom. The van der Waals surface area contributed by atoms with Crippen molar-refractivity contribution in [3.8, 4) is 0 Å². The molecular formula is C16H18N2O4. The predicted molar refractivity (Wildman–Crippen MR) is 82.9 cm³/mol. The lowest BCUT2D eigenvalue weighted by atomic mass is 10.0. The molecule has 6 nitrogen and oxygen atoms in total. The number of para-hydroxylation sites is 1. The summed E-state index contributed by atoms with van der Waals surface area (Å²) in [5.41, 5.74) is 0.310. The van der Waals surface area contributed by atoms with E-state index < -0.39 is 23.5 Å². The zero-order valence-corrected chi connectivity index (χ0v) is 12.4. The monoisotopic (exact) mass is 302 g/mol. The molecule has 6 heteroatoms. The van der Waals surface area contributed by atoms with E-state index in [-0.39, 0.29) is 11.5 Å². The zero-order valence-electron chi connectivity index (χ0n) is 12.4. The summed E-state index contributed by atoms with van der Waals surface area (Å²) in [6, 6.07) is 7.10. The van der Waals surface area contributed by atoms with E-state index in [1.165, 1.54) is 6.07 Å². The van der Waals surface area contributed by atoms with Gasteiger partial charge in [-0.1, -0.05) is 32.0 Å². The molecule has 0 aliphatic carbocycles. The molecule has 1 heterocycles. The van der Waals surface area contributed by atoms with E-state index in [1.54, 1.807) is 24.3 Å². The third kappa shape index (κ3) is 3.52. The summed E-state index contributed by atoms with van der Waals surface area (Å²) >= 11 is 0. The minimum atomic E-state index is -1.09. The molecule has 0 bridgehead atoms. The highest BCUT2D eigenvalue weighted by Crippen LogP contribution is 2.15.